The topological polar surface area (TPSA) is 81.7 Å². The summed E-state index contributed by atoms with van der Waals surface area (Å²) in [7, 11) is 1.99. The number of hydrogen-bond acceptors (Lipinski definition) is 5. The van der Waals surface area contributed by atoms with Gasteiger partial charge < -0.3 is 15.6 Å². The molecule has 6 heteroatoms. The zero-order chi connectivity index (χ0) is 13.9. The van der Waals surface area contributed by atoms with Gasteiger partial charge in [0.15, 0.2) is 0 Å². The van der Waals surface area contributed by atoms with Gasteiger partial charge in [0, 0.05) is 19.8 Å². The molecule has 0 amide bonds. The molecule has 6 nitrogen and oxygen atoms in total. The number of anilines is 1. The van der Waals surface area contributed by atoms with Crippen LogP contribution in [0.5, 0.6) is 0 Å². The number of nitrogens with one attached hydrogen (secondary N) is 1. The highest BCUT2D eigenvalue weighted by Crippen LogP contribution is 2.13. The highest BCUT2D eigenvalue weighted by Gasteiger charge is 2.02. The molecule has 0 saturated carbocycles. The minimum absolute atomic E-state index is 0.492. The van der Waals surface area contributed by atoms with Crippen LogP contribution in [0.15, 0.2) is 36.8 Å². The van der Waals surface area contributed by atoms with Gasteiger partial charge in [-0.1, -0.05) is 6.07 Å². The summed E-state index contributed by atoms with van der Waals surface area (Å²) >= 11 is 0. The van der Waals surface area contributed by atoms with Gasteiger partial charge in [-0.15, -0.1) is 0 Å². The third kappa shape index (κ3) is 2.60. The summed E-state index contributed by atoms with van der Waals surface area (Å²) in [4.78, 5) is 12.7. The standard InChI is InChI=1S/C14H16N6/c1-20-9-18-11-6-10(2-3-12(11)20)7-16-8-14-17-5-4-13(15)19-14/h2-6,9,16H,7-8H2,1H3,(H2,15,17,19). The van der Waals surface area contributed by atoms with E-state index >= 15 is 0 Å². The Morgan fingerprint density at radius 2 is 2.10 bits per heavy atom. The van der Waals surface area contributed by atoms with Gasteiger partial charge in [-0.25, -0.2) is 15.0 Å². The van der Waals surface area contributed by atoms with Crippen molar-refractivity contribution in [1.82, 2.24) is 24.8 Å². The normalized spacial score (nSPS) is 11.1. The molecule has 0 atom stereocenters. The lowest BCUT2D eigenvalue weighted by atomic mass is 10.2. The first-order valence-corrected chi connectivity index (χ1v) is 6.40. The van der Waals surface area contributed by atoms with Crippen LogP contribution in [0.2, 0.25) is 0 Å². The fourth-order valence-electron chi connectivity index (χ4n) is 2.11. The van der Waals surface area contributed by atoms with Crippen LogP contribution in [0.4, 0.5) is 5.82 Å². The number of nitrogens with two attached hydrogens (primary N) is 1. The smallest absolute Gasteiger partial charge is 0.144 e. The number of benzene rings is 1. The number of nitrogen functional groups attached to an aromatic ring is 1. The summed E-state index contributed by atoms with van der Waals surface area (Å²) in [5.74, 6) is 1.19. The van der Waals surface area contributed by atoms with Crippen molar-refractivity contribution in [2.45, 2.75) is 13.1 Å². The van der Waals surface area contributed by atoms with E-state index in [0.29, 0.717) is 18.2 Å². The third-order valence-corrected chi connectivity index (χ3v) is 3.13. The van der Waals surface area contributed by atoms with E-state index in [9.17, 15) is 0 Å². The fourth-order valence-corrected chi connectivity index (χ4v) is 2.11. The number of nitrogens with zero attached hydrogens (tertiary/aromatic N) is 4. The maximum Gasteiger partial charge on any atom is 0.144 e. The molecule has 3 rings (SSSR count). The van der Waals surface area contributed by atoms with Gasteiger partial charge in [-0.2, -0.15) is 0 Å². The third-order valence-electron chi connectivity index (χ3n) is 3.13. The van der Waals surface area contributed by atoms with Crippen molar-refractivity contribution in [2.24, 2.45) is 7.05 Å². The van der Waals surface area contributed by atoms with Crippen LogP contribution in [0, 0.1) is 0 Å². The predicted octanol–water partition coefficient (Wildman–Crippen LogP) is 1.24. The van der Waals surface area contributed by atoms with Crippen molar-refractivity contribution in [3.63, 3.8) is 0 Å². The minimum atomic E-state index is 0.492. The Kier molecular flexibility index (Phi) is 3.30. The SMILES string of the molecule is Cn1cnc2cc(CNCc3nccc(N)n3)ccc21. The molecule has 0 spiro atoms. The minimum Gasteiger partial charge on any atom is -0.384 e. The average molecular weight is 268 g/mol. The molecule has 20 heavy (non-hydrogen) atoms. The molecule has 0 bridgehead atoms. The Morgan fingerprint density at radius 1 is 1.20 bits per heavy atom. The van der Waals surface area contributed by atoms with Crippen molar-refractivity contribution in [3.05, 3.63) is 48.2 Å². The van der Waals surface area contributed by atoms with E-state index in [4.69, 9.17) is 5.73 Å². The summed E-state index contributed by atoms with van der Waals surface area (Å²) < 4.78 is 2.01. The molecule has 0 radical (unpaired) electrons. The molecular formula is C14H16N6. The zero-order valence-electron chi connectivity index (χ0n) is 11.2. The summed E-state index contributed by atoms with van der Waals surface area (Å²) in [6, 6.07) is 7.94. The summed E-state index contributed by atoms with van der Waals surface area (Å²) in [6.07, 6.45) is 3.49. The molecule has 2 heterocycles. The van der Waals surface area contributed by atoms with E-state index in [2.05, 4.69) is 38.5 Å². The van der Waals surface area contributed by atoms with E-state index in [0.717, 1.165) is 17.6 Å². The molecule has 0 aliphatic rings. The lowest BCUT2D eigenvalue weighted by molar-refractivity contribution is 0.663. The second-order valence-electron chi connectivity index (χ2n) is 4.68. The molecule has 0 fully saturated rings. The second-order valence-corrected chi connectivity index (χ2v) is 4.68. The van der Waals surface area contributed by atoms with Crippen molar-refractivity contribution < 1.29 is 0 Å². The number of rotatable bonds is 4. The lowest BCUT2D eigenvalue weighted by Crippen LogP contribution is -2.15. The molecule has 2 aromatic heterocycles. The highest BCUT2D eigenvalue weighted by atomic mass is 15.0. The Hall–Kier alpha value is -2.47. The van der Waals surface area contributed by atoms with Crippen LogP contribution in [0.3, 0.4) is 0 Å². The number of aryl methyl sites for hydroxylation is 1. The second kappa shape index (κ2) is 5.26. The first-order valence-electron chi connectivity index (χ1n) is 6.40. The van der Waals surface area contributed by atoms with Crippen molar-refractivity contribution in [3.8, 4) is 0 Å². The first-order chi connectivity index (χ1) is 9.72. The van der Waals surface area contributed by atoms with Crippen LogP contribution in [0.1, 0.15) is 11.4 Å². The van der Waals surface area contributed by atoms with Crippen molar-refractivity contribution >= 4 is 16.9 Å². The molecule has 1 aromatic carbocycles. The molecule has 0 unspecified atom stereocenters. The van der Waals surface area contributed by atoms with Gasteiger partial charge in [-0.05, 0) is 23.8 Å². The number of fused-ring (bicyclic) bond motifs is 1. The Morgan fingerprint density at radius 3 is 2.95 bits per heavy atom. The van der Waals surface area contributed by atoms with Crippen molar-refractivity contribution in [1.29, 1.82) is 0 Å². The molecule has 0 saturated heterocycles. The van der Waals surface area contributed by atoms with Crippen LogP contribution in [0.25, 0.3) is 11.0 Å². The van der Waals surface area contributed by atoms with Crippen LogP contribution in [-0.2, 0) is 20.1 Å². The highest BCUT2D eigenvalue weighted by molar-refractivity contribution is 5.75. The van der Waals surface area contributed by atoms with Gasteiger partial charge in [0.05, 0.1) is 23.9 Å². The van der Waals surface area contributed by atoms with Crippen LogP contribution >= 0.6 is 0 Å². The molecule has 3 aromatic rings. The van der Waals surface area contributed by atoms with Gasteiger partial charge in [0.2, 0.25) is 0 Å². The molecular weight excluding hydrogens is 252 g/mol. The lowest BCUT2D eigenvalue weighted by Gasteiger charge is -2.05. The molecule has 0 aliphatic heterocycles. The number of hydrogen-bond donors (Lipinski definition) is 2. The Labute approximate surface area is 116 Å². The summed E-state index contributed by atoms with van der Waals surface area (Å²) in [6.45, 7) is 1.33. The number of aromatic nitrogens is 4. The number of imidazole rings is 1. The molecule has 0 aliphatic carbocycles. The Balaban J connectivity index is 1.65. The van der Waals surface area contributed by atoms with Crippen molar-refractivity contribution in [2.75, 3.05) is 5.73 Å². The van der Waals surface area contributed by atoms with E-state index in [1.165, 1.54) is 5.56 Å². The van der Waals surface area contributed by atoms with Gasteiger partial charge in [0.25, 0.3) is 0 Å². The van der Waals surface area contributed by atoms with E-state index in [-0.39, 0.29) is 0 Å². The van der Waals surface area contributed by atoms with Crippen LogP contribution in [-0.4, -0.2) is 19.5 Å². The maximum absolute atomic E-state index is 5.62. The Bertz CT molecular complexity index is 733. The molecule has 102 valence electrons. The molecule has 3 N–H and O–H groups in total. The maximum atomic E-state index is 5.62. The predicted molar refractivity (Wildman–Crippen MR) is 77.7 cm³/mol. The van der Waals surface area contributed by atoms with E-state index in [1.54, 1.807) is 12.3 Å². The van der Waals surface area contributed by atoms with E-state index in [1.807, 2.05) is 17.9 Å². The summed E-state index contributed by atoms with van der Waals surface area (Å²) in [5, 5.41) is 3.30. The average Bonchev–Trinajstić information content (AvgIpc) is 2.80. The first kappa shape index (κ1) is 12.6. The quantitative estimate of drug-likeness (QED) is 0.744. The van der Waals surface area contributed by atoms with Crippen LogP contribution < -0.4 is 11.1 Å². The van der Waals surface area contributed by atoms with Gasteiger partial charge in [0.1, 0.15) is 11.6 Å². The largest absolute Gasteiger partial charge is 0.384 e. The van der Waals surface area contributed by atoms with E-state index < -0.39 is 0 Å². The van der Waals surface area contributed by atoms with Gasteiger partial charge >= 0.3 is 0 Å². The summed E-state index contributed by atoms with van der Waals surface area (Å²) in [5.41, 5.74) is 8.94. The monoisotopic (exact) mass is 268 g/mol. The van der Waals surface area contributed by atoms with Gasteiger partial charge in [-0.3, -0.25) is 0 Å². The zero-order valence-corrected chi connectivity index (χ0v) is 11.2. The fraction of sp³-hybridized carbons (Fsp3) is 0.214.